The molecule has 1 fully saturated rings. The van der Waals surface area contributed by atoms with Crippen molar-refractivity contribution < 1.29 is 13.2 Å². The molecule has 1 aliphatic rings. The van der Waals surface area contributed by atoms with E-state index in [1.807, 2.05) is 0 Å². The number of carbonyl (C=O) groups excluding carboxylic acids is 1. The number of carbonyl (C=O) groups is 1. The minimum atomic E-state index is -2.88. The number of nitrogens with two attached hydrogens (primary N) is 1. The Bertz CT molecular complexity index is 550. The Morgan fingerprint density at radius 1 is 1.67 bits per heavy atom. The number of amides is 1. The van der Waals surface area contributed by atoms with Crippen molar-refractivity contribution in [3.63, 3.8) is 0 Å². The number of nitrogens with zero attached hydrogens (tertiary/aromatic N) is 2. The first-order valence-electron chi connectivity index (χ1n) is 5.90. The van der Waals surface area contributed by atoms with E-state index in [2.05, 4.69) is 4.98 Å². The molecule has 1 aliphatic heterocycles. The van der Waals surface area contributed by atoms with Crippen LogP contribution in [0.3, 0.4) is 0 Å². The van der Waals surface area contributed by atoms with Gasteiger partial charge in [-0.1, -0.05) is 0 Å². The normalized spacial score (nSPS) is 23.9. The molecule has 18 heavy (non-hydrogen) atoms. The Hall–Kier alpha value is -1.37. The van der Waals surface area contributed by atoms with Crippen LogP contribution >= 0.6 is 0 Å². The topological polar surface area (TPSA) is 95.1 Å². The Morgan fingerprint density at radius 2 is 2.39 bits per heavy atom. The van der Waals surface area contributed by atoms with Gasteiger partial charge in [0, 0.05) is 18.8 Å². The zero-order chi connectivity index (χ0) is 13.3. The number of aromatic nitrogens is 2. The second kappa shape index (κ2) is 4.72. The molecule has 7 heteroatoms. The van der Waals surface area contributed by atoms with Crippen LogP contribution in [0.25, 0.3) is 0 Å². The molecule has 0 aliphatic carbocycles. The number of rotatable bonds is 4. The van der Waals surface area contributed by atoms with Gasteiger partial charge >= 0.3 is 0 Å². The van der Waals surface area contributed by atoms with E-state index in [9.17, 15) is 13.2 Å². The second-order valence-electron chi connectivity index (χ2n) is 4.80. The minimum absolute atomic E-state index is 0.0937. The third-order valence-corrected chi connectivity index (χ3v) is 5.21. The molecule has 1 saturated heterocycles. The van der Waals surface area contributed by atoms with Gasteiger partial charge in [-0.15, -0.1) is 0 Å². The molecule has 0 aromatic carbocycles. The monoisotopic (exact) mass is 271 g/mol. The zero-order valence-corrected chi connectivity index (χ0v) is 11.1. The smallest absolute Gasteiger partial charge is 0.240 e. The van der Waals surface area contributed by atoms with Gasteiger partial charge in [0.15, 0.2) is 9.84 Å². The summed E-state index contributed by atoms with van der Waals surface area (Å²) in [5.74, 6) is 0.863. The fourth-order valence-corrected chi connectivity index (χ4v) is 4.14. The predicted molar refractivity (Wildman–Crippen MR) is 66.6 cm³/mol. The lowest BCUT2D eigenvalue weighted by atomic mass is 10.0. The first-order chi connectivity index (χ1) is 8.39. The van der Waals surface area contributed by atoms with Gasteiger partial charge in [0.05, 0.1) is 11.5 Å². The maximum atomic E-state index is 11.4. The summed E-state index contributed by atoms with van der Waals surface area (Å²) in [5.41, 5.74) is 5.26. The molecular formula is C11H17N3O3S. The Morgan fingerprint density at radius 3 is 2.94 bits per heavy atom. The molecule has 1 aromatic rings. The summed E-state index contributed by atoms with van der Waals surface area (Å²) < 4.78 is 24.5. The van der Waals surface area contributed by atoms with Crippen LogP contribution < -0.4 is 5.73 Å². The van der Waals surface area contributed by atoms with Crippen molar-refractivity contribution in [2.75, 3.05) is 11.5 Å². The van der Waals surface area contributed by atoms with Gasteiger partial charge in [-0.3, -0.25) is 4.79 Å². The van der Waals surface area contributed by atoms with E-state index in [0.29, 0.717) is 12.8 Å². The van der Waals surface area contributed by atoms with Crippen LogP contribution in [-0.4, -0.2) is 35.4 Å². The van der Waals surface area contributed by atoms with E-state index >= 15 is 0 Å². The molecule has 2 N–H and O–H groups in total. The van der Waals surface area contributed by atoms with Gasteiger partial charge < -0.3 is 10.3 Å². The molecule has 0 radical (unpaired) electrons. The molecule has 2 unspecified atom stereocenters. The average molecular weight is 271 g/mol. The molecule has 1 aromatic heterocycles. The highest BCUT2D eigenvalue weighted by Crippen LogP contribution is 2.23. The van der Waals surface area contributed by atoms with Gasteiger partial charge in [-0.05, 0) is 19.3 Å². The average Bonchev–Trinajstić information content (AvgIpc) is 2.84. The first-order valence-corrected chi connectivity index (χ1v) is 7.72. The van der Waals surface area contributed by atoms with Crippen LogP contribution in [-0.2, 0) is 21.1 Å². The van der Waals surface area contributed by atoms with Gasteiger partial charge in [-0.25, -0.2) is 13.4 Å². The lowest BCUT2D eigenvalue weighted by molar-refractivity contribution is -0.120. The number of primary amides is 1. The lowest BCUT2D eigenvalue weighted by Gasteiger charge is -2.14. The molecule has 0 bridgehead atoms. The molecule has 0 spiro atoms. The largest absolute Gasteiger partial charge is 0.368 e. The molecule has 0 saturated carbocycles. The van der Waals surface area contributed by atoms with Crippen LogP contribution in [0.2, 0.25) is 0 Å². The van der Waals surface area contributed by atoms with Crippen molar-refractivity contribution in [1.82, 2.24) is 9.55 Å². The third kappa shape index (κ3) is 2.72. The highest BCUT2D eigenvalue weighted by atomic mass is 32.2. The summed E-state index contributed by atoms with van der Waals surface area (Å²) in [6, 6.07) is -0.458. The number of hydrogen-bond acceptors (Lipinski definition) is 4. The van der Waals surface area contributed by atoms with E-state index in [1.54, 1.807) is 23.9 Å². The van der Waals surface area contributed by atoms with Crippen molar-refractivity contribution >= 4 is 15.7 Å². The van der Waals surface area contributed by atoms with Crippen molar-refractivity contribution in [3.05, 3.63) is 18.2 Å². The van der Waals surface area contributed by atoms with Crippen LogP contribution in [0.4, 0.5) is 0 Å². The predicted octanol–water partition coefficient (Wildman–Crippen LogP) is -0.0934. The SMILES string of the molecule is CC(C(N)=O)n1ccnc1CC1CCS(=O)(=O)C1. The number of imidazole rings is 1. The summed E-state index contributed by atoms with van der Waals surface area (Å²) in [7, 11) is -2.88. The molecule has 2 heterocycles. The molecule has 100 valence electrons. The summed E-state index contributed by atoms with van der Waals surface area (Å²) in [6.07, 6.45) is 4.55. The van der Waals surface area contributed by atoms with Gasteiger partial charge in [0.25, 0.3) is 0 Å². The van der Waals surface area contributed by atoms with Gasteiger partial charge in [0.2, 0.25) is 5.91 Å². The molecule has 1 amide bonds. The van der Waals surface area contributed by atoms with Crippen molar-refractivity contribution in [1.29, 1.82) is 0 Å². The molecule has 6 nitrogen and oxygen atoms in total. The van der Waals surface area contributed by atoms with E-state index in [0.717, 1.165) is 5.82 Å². The van der Waals surface area contributed by atoms with Gasteiger partial charge in [0.1, 0.15) is 11.9 Å². The van der Waals surface area contributed by atoms with Crippen molar-refractivity contribution in [2.24, 2.45) is 11.7 Å². The third-order valence-electron chi connectivity index (χ3n) is 3.38. The van der Waals surface area contributed by atoms with Gasteiger partial charge in [-0.2, -0.15) is 0 Å². The van der Waals surface area contributed by atoms with Crippen LogP contribution in [0.5, 0.6) is 0 Å². The first kappa shape index (κ1) is 13.1. The molecule has 2 atom stereocenters. The Balaban J connectivity index is 2.11. The zero-order valence-electron chi connectivity index (χ0n) is 10.2. The minimum Gasteiger partial charge on any atom is -0.368 e. The van der Waals surface area contributed by atoms with Crippen LogP contribution in [0, 0.1) is 5.92 Å². The highest BCUT2D eigenvalue weighted by molar-refractivity contribution is 7.91. The number of sulfone groups is 1. The number of hydrogen-bond donors (Lipinski definition) is 1. The fourth-order valence-electron chi connectivity index (χ4n) is 2.28. The summed E-state index contributed by atoms with van der Waals surface area (Å²) in [6.45, 7) is 1.71. The highest BCUT2D eigenvalue weighted by Gasteiger charge is 2.29. The van der Waals surface area contributed by atoms with E-state index in [1.165, 1.54) is 0 Å². The van der Waals surface area contributed by atoms with Crippen LogP contribution in [0.15, 0.2) is 12.4 Å². The van der Waals surface area contributed by atoms with Crippen molar-refractivity contribution in [3.8, 4) is 0 Å². The van der Waals surface area contributed by atoms with E-state index < -0.39 is 21.8 Å². The quantitative estimate of drug-likeness (QED) is 0.827. The summed E-state index contributed by atoms with van der Waals surface area (Å²) >= 11 is 0. The lowest BCUT2D eigenvalue weighted by Crippen LogP contribution is -2.25. The molecular weight excluding hydrogens is 254 g/mol. The Kier molecular flexibility index (Phi) is 3.43. The Labute approximate surface area is 106 Å². The fraction of sp³-hybridized carbons (Fsp3) is 0.636. The second-order valence-corrected chi connectivity index (χ2v) is 7.03. The van der Waals surface area contributed by atoms with Crippen LogP contribution in [0.1, 0.15) is 25.2 Å². The maximum absolute atomic E-state index is 11.4. The van der Waals surface area contributed by atoms with E-state index in [-0.39, 0.29) is 17.4 Å². The van der Waals surface area contributed by atoms with E-state index in [4.69, 9.17) is 5.73 Å². The van der Waals surface area contributed by atoms with Crippen molar-refractivity contribution in [2.45, 2.75) is 25.8 Å². The summed E-state index contributed by atoms with van der Waals surface area (Å²) in [5, 5.41) is 0. The molecule has 2 rings (SSSR count). The summed E-state index contributed by atoms with van der Waals surface area (Å²) in [4.78, 5) is 15.4. The standard InChI is InChI=1S/C11H17N3O3S/c1-8(11(12)15)14-4-3-13-10(14)6-9-2-5-18(16,17)7-9/h3-4,8-9H,2,5-7H2,1H3,(H2,12,15). The maximum Gasteiger partial charge on any atom is 0.240 e.